The number of methoxy groups -OCH3 is 1. The quantitative estimate of drug-likeness (QED) is 0.796. The van der Waals surface area contributed by atoms with E-state index in [1.807, 2.05) is 6.07 Å². The minimum Gasteiger partial charge on any atom is -0.496 e. The summed E-state index contributed by atoms with van der Waals surface area (Å²) in [6, 6.07) is 6.79. The summed E-state index contributed by atoms with van der Waals surface area (Å²) in [7, 11) is 1.70. The summed E-state index contributed by atoms with van der Waals surface area (Å²) in [6.45, 7) is 6.48. The molecule has 0 amide bonds. The van der Waals surface area contributed by atoms with E-state index >= 15 is 0 Å². The highest BCUT2D eigenvalue weighted by Crippen LogP contribution is 2.22. The van der Waals surface area contributed by atoms with Crippen LogP contribution in [0.5, 0.6) is 5.75 Å². The lowest BCUT2D eigenvalue weighted by Crippen LogP contribution is -2.16. The number of hydrogen-bond donors (Lipinski definition) is 1. The van der Waals surface area contributed by atoms with Crippen LogP contribution in [-0.2, 0) is 0 Å². The van der Waals surface area contributed by atoms with Crippen molar-refractivity contribution in [2.45, 2.75) is 39.7 Å². The van der Waals surface area contributed by atoms with E-state index in [4.69, 9.17) is 4.74 Å². The van der Waals surface area contributed by atoms with E-state index in [2.05, 4.69) is 38.2 Å². The van der Waals surface area contributed by atoms with Crippen LogP contribution >= 0.6 is 0 Å². The number of ether oxygens (including phenoxy) is 1. The van der Waals surface area contributed by atoms with Crippen LogP contribution in [0.2, 0.25) is 0 Å². The fraction of sp³-hybridized carbons (Fsp3) is 0.538. The fourth-order valence-corrected chi connectivity index (χ4v) is 1.70. The maximum absolute atomic E-state index is 5.23. The first-order valence-corrected chi connectivity index (χ1v) is 5.62. The number of nitrogens with one attached hydrogen (secondary N) is 1. The Kier molecular flexibility index (Phi) is 4.47. The van der Waals surface area contributed by atoms with Crippen molar-refractivity contribution >= 4 is 5.69 Å². The van der Waals surface area contributed by atoms with Gasteiger partial charge in [0.15, 0.2) is 0 Å². The summed E-state index contributed by atoms with van der Waals surface area (Å²) >= 11 is 0. The van der Waals surface area contributed by atoms with Crippen LogP contribution in [-0.4, -0.2) is 13.2 Å². The van der Waals surface area contributed by atoms with Gasteiger partial charge in [-0.2, -0.15) is 0 Å². The molecule has 0 unspecified atom stereocenters. The standard InChI is InChI=1S/C13H21NO/c1-5-11(6-2)14-12-7-8-13(15-4)10(3)9-12/h7-9,11,14H,5-6H2,1-4H3. The van der Waals surface area contributed by atoms with Crippen molar-refractivity contribution in [3.8, 4) is 5.75 Å². The molecule has 0 spiro atoms. The van der Waals surface area contributed by atoms with Gasteiger partial charge in [-0.3, -0.25) is 0 Å². The molecule has 0 aliphatic carbocycles. The Morgan fingerprint density at radius 2 is 1.93 bits per heavy atom. The molecule has 0 aliphatic heterocycles. The van der Waals surface area contributed by atoms with Crippen molar-refractivity contribution in [1.29, 1.82) is 0 Å². The maximum Gasteiger partial charge on any atom is 0.121 e. The Labute approximate surface area is 92.6 Å². The van der Waals surface area contributed by atoms with Crippen molar-refractivity contribution < 1.29 is 4.74 Å². The van der Waals surface area contributed by atoms with Crippen LogP contribution in [0.25, 0.3) is 0 Å². The van der Waals surface area contributed by atoms with E-state index in [9.17, 15) is 0 Å². The van der Waals surface area contributed by atoms with Gasteiger partial charge in [-0.05, 0) is 43.5 Å². The van der Waals surface area contributed by atoms with E-state index in [1.165, 1.54) is 11.3 Å². The summed E-state index contributed by atoms with van der Waals surface area (Å²) < 4.78 is 5.23. The molecule has 2 heteroatoms. The van der Waals surface area contributed by atoms with Crippen LogP contribution in [0, 0.1) is 6.92 Å². The minimum absolute atomic E-state index is 0.567. The highest BCUT2D eigenvalue weighted by molar-refractivity contribution is 5.51. The zero-order valence-corrected chi connectivity index (χ0v) is 10.1. The molecule has 0 fully saturated rings. The molecule has 1 aromatic rings. The Balaban J connectivity index is 2.74. The SMILES string of the molecule is CCC(CC)Nc1ccc(OC)c(C)c1. The van der Waals surface area contributed by atoms with Crippen molar-refractivity contribution in [3.63, 3.8) is 0 Å². The summed E-state index contributed by atoms with van der Waals surface area (Å²) in [4.78, 5) is 0. The second kappa shape index (κ2) is 5.64. The largest absolute Gasteiger partial charge is 0.496 e. The molecular formula is C13H21NO. The van der Waals surface area contributed by atoms with Crippen molar-refractivity contribution in [1.82, 2.24) is 0 Å². The van der Waals surface area contributed by atoms with Crippen LogP contribution in [0.1, 0.15) is 32.3 Å². The predicted molar refractivity (Wildman–Crippen MR) is 65.7 cm³/mol. The third-order valence-corrected chi connectivity index (χ3v) is 2.75. The molecule has 84 valence electrons. The van der Waals surface area contributed by atoms with E-state index < -0.39 is 0 Å². The molecule has 15 heavy (non-hydrogen) atoms. The summed E-state index contributed by atoms with van der Waals surface area (Å²) in [5, 5.41) is 3.51. The zero-order chi connectivity index (χ0) is 11.3. The van der Waals surface area contributed by atoms with Gasteiger partial charge in [-0.1, -0.05) is 13.8 Å². The smallest absolute Gasteiger partial charge is 0.121 e. The van der Waals surface area contributed by atoms with Gasteiger partial charge in [0.1, 0.15) is 5.75 Å². The lowest BCUT2D eigenvalue weighted by atomic mass is 10.1. The number of rotatable bonds is 5. The topological polar surface area (TPSA) is 21.3 Å². The Bertz CT molecular complexity index is 305. The van der Waals surface area contributed by atoms with E-state index in [0.717, 1.165) is 18.6 Å². The molecule has 1 rings (SSSR count). The van der Waals surface area contributed by atoms with Crippen LogP contribution in [0.4, 0.5) is 5.69 Å². The fourth-order valence-electron chi connectivity index (χ4n) is 1.70. The Morgan fingerprint density at radius 1 is 1.27 bits per heavy atom. The number of benzene rings is 1. The average Bonchev–Trinajstić information content (AvgIpc) is 2.26. The Hall–Kier alpha value is -1.18. The monoisotopic (exact) mass is 207 g/mol. The molecular weight excluding hydrogens is 186 g/mol. The van der Waals surface area contributed by atoms with Gasteiger partial charge in [0.25, 0.3) is 0 Å². The van der Waals surface area contributed by atoms with Gasteiger partial charge in [-0.25, -0.2) is 0 Å². The lowest BCUT2D eigenvalue weighted by molar-refractivity contribution is 0.412. The normalized spacial score (nSPS) is 10.5. The van der Waals surface area contributed by atoms with E-state index in [1.54, 1.807) is 7.11 Å². The number of hydrogen-bond acceptors (Lipinski definition) is 2. The highest BCUT2D eigenvalue weighted by atomic mass is 16.5. The maximum atomic E-state index is 5.23. The van der Waals surface area contributed by atoms with Gasteiger partial charge in [0, 0.05) is 11.7 Å². The lowest BCUT2D eigenvalue weighted by Gasteiger charge is -2.17. The van der Waals surface area contributed by atoms with Crippen molar-refractivity contribution in [2.75, 3.05) is 12.4 Å². The molecule has 0 bridgehead atoms. The third-order valence-electron chi connectivity index (χ3n) is 2.75. The third kappa shape index (κ3) is 3.15. The second-order valence-electron chi connectivity index (χ2n) is 3.84. The molecule has 0 aromatic heterocycles. The summed E-state index contributed by atoms with van der Waals surface area (Å²) in [6.07, 6.45) is 2.31. The van der Waals surface area contributed by atoms with Crippen LogP contribution in [0.3, 0.4) is 0 Å². The molecule has 0 saturated heterocycles. The van der Waals surface area contributed by atoms with E-state index in [-0.39, 0.29) is 0 Å². The molecule has 0 saturated carbocycles. The summed E-state index contributed by atoms with van der Waals surface area (Å²) in [5.74, 6) is 0.949. The van der Waals surface area contributed by atoms with Gasteiger partial charge in [0.05, 0.1) is 7.11 Å². The predicted octanol–water partition coefficient (Wildman–Crippen LogP) is 3.60. The van der Waals surface area contributed by atoms with Crippen molar-refractivity contribution in [3.05, 3.63) is 23.8 Å². The number of anilines is 1. The average molecular weight is 207 g/mol. The Morgan fingerprint density at radius 3 is 2.40 bits per heavy atom. The van der Waals surface area contributed by atoms with Gasteiger partial charge >= 0.3 is 0 Å². The molecule has 1 aromatic carbocycles. The van der Waals surface area contributed by atoms with Gasteiger partial charge in [0.2, 0.25) is 0 Å². The van der Waals surface area contributed by atoms with Crippen molar-refractivity contribution in [2.24, 2.45) is 0 Å². The van der Waals surface area contributed by atoms with Gasteiger partial charge < -0.3 is 10.1 Å². The first-order valence-electron chi connectivity index (χ1n) is 5.62. The zero-order valence-electron chi connectivity index (χ0n) is 10.1. The van der Waals surface area contributed by atoms with E-state index in [0.29, 0.717) is 6.04 Å². The van der Waals surface area contributed by atoms with Gasteiger partial charge in [-0.15, -0.1) is 0 Å². The van der Waals surface area contributed by atoms with Crippen LogP contribution in [0.15, 0.2) is 18.2 Å². The van der Waals surface area contributed by atoms with Crippen LogP contribution < -0.4 is 10.1 Å². The first kappa shape index (κ1) is 11.9. The first-order chi connectivity index (χ1) is 7.21. The molecule has 0 heterocycles. The molecule has 0 aliphatic rings. The number of aryl methyl sites for hydroxylation is 1. The molecule has 2 nitrogen and oxygen atoms in total. The minimum atomic E-state index is 0.567. The molecule has 0 radical (unpaired) electrons. The second-order valence-corrected chi connectivity index (χ2v) is 3.84. The highest BCUT2D eigenvalue weighted by Gasteiger charge is 2.04. The summed E-state index contributed by atoms with van der Waals surface area (Å²) in [5.41, 5.74) is 2.36. The molecule has 0 atom stereocenters. The molecule has 1 N–H and O–H groups in total.